The fourth-order valence-corrected chi connectivity index (χ4v) is 5.01. The smallest absolute Gasteiger partial charge is 0.274 e. The van der Waals surface area contributed by atoms with Crippen LogP contribution in [0.5, 0.6) is 0 Å². The van der Waals surface area contributed by atoms with E-state index in [0.29, 0.717) is 45.8 Å². The second kappa shape index (κ2) is 11.4. The summed E-state index contributed by atoms with van der Waals surface area (Å²) in [7, 11) is 0. The molecule has 2 amide bonds. The summed E-state index contributed by atoms with van der Waals surface area (Å²) in [6.45, 7) is 11.4. The third-order valence-electron chi connectivity index (χ3n) is 7.46. The molecule has 9 nitrogen and oxygen atoms in total. The molecular weight excluding hydrogens is 537 g/mol. The van der Waals surface area contributed by atoms with E-state index in [1.54, 1.807) is 30.3 Å². The quantitative estimate of drug-likeness (QED) is 0.337. The lowest BCUT2D eigenvalue weighted by Gasteiger charge is -2.36. The molecule has 2 heterocycles. The molecule has 2 aromatic carbocycles. The van der Waals surface area contributed by atoms with Gasteiger partial charge >= 0.3 is 0 Å². The number of nitrogens with one attached hydrogen (secondary N) is 2. The lowest BCUT2D eigenvalue weighted by atomic mass is 9.78. The van der Waals surface area contributed by atoms with Crippen LogP contribution in [0.3, 0.4) is 0 Å². The van der Waals surface area contributed by atoms with Crippen LogP contribution in [0.1, 0.15) is 68.9 Å². The highest BCUT2D eigenvalue weighted by atomic mass is 35.5. The first-order valence-electron chi connectivity index (χ1n) is 12.9. The van der Waals surface area contributed by atoms with Gasteiger partial charge in [-0.2, -0.15) is 5.21 Å². The molecule has 39 heavy (non-hydrogen) atoms. The number of hydrogen-bond acceptors (Lipinski definition) is 6. The number of carbonyl (C=O) groups is 2. The summed E-state index contributed by atoms with van der Waals surface area (Å²) in [4.78, 5) is 33.0. The summed E-state index contributed by atoms with van der Waals surface area (Å²) in [5.74, 6) is 0.0672. The van der Waals surface area contributed by atoms with Crippen molar-refractivity contribution in [3.8, 4) is 0 Å². The van der Waals surface area contributed by atoms with Crippen molar-refractivity contribution in [1.82, 2.24) is 25.5 Å². The SMILES string of the molecule is CC(CCC1(C)N=C(c2cc(Cl)cc(Cl)c2)C(=O)N1CCc1ccc(C(=O)Nc2nn[nH]n2)cc1)C(C)(C)C. The minimum absolute atomic E-state index is 0.105. The topological polar surface area (TPSA) is 116 Å². The molecular formula is C28H33Cl2N7O2. The van der Waals surface area contributed by atoms with Gasteiger partial charge < -0.3 is 4.90 Å². The molecule has 0 bridgehead atoms. The van der Waals surface area contributed by atoms with E-state index in [1.807, 2.05) is 24.0 Å². The van der Waals surface area contributed by atoms with E-state index < -0.39 is 5.66 Å². The van der Waals surface area contributed by atoms with Gasteiger partial charge in [-0.15, -0.1) is 5.10 Å². The molecule has 0 radical (unpaired) electrons. The molecule has 2 unspecified atom stereocenters. The number of anilines is 1. The third kappa shape index (κ3) is 6.83. The van der Waals surface area contributed by atoms with Gasteiger partial charge in [-0.3, -0.25) is 19.9 Å². The number of hydrogen-bond donors (Lipinski definition) is 2. The van der Waals surface area contributed by atoms with Crippen LogP contribution >= 0.6 is 23.2 Å². The number of amides is 2. The standard InChI is InChI=1S/C28H33Cl2N7O2/c1-17(27(2,3)4)10-12-28(5)32-23(20-14-21(29)16-22(30)15-20)25(39)37(28)13-11-18-6-8-19(9-7-18)24(38)31-26-33-35-36-34-26/h6-9,14-17H,10-13H2,1-5H3,(H2,31,33,34,35,36,38). The molecule has 1 aliphatic rings. The van der Waals surface area contributed by atoms with Crippen molar-refractivity contribution in [2.75, 3.05) is 11.9 Å². The van der Waals surface area contributed by atoms with Crippen molar-refractivity contribution >= 4 is 46.7 Å². The normalized spacial score (nSPS) is 18.3. The van der Waals surface area contributed by atoms with Gasteiger partial charge in [0, 0.05) is 27.7 Å². The van der Waals surface area contributed by atoms with E-state index >= 15 is 0 Å². The first-order chi connectivity index (χ1) is 18.4. The van der Waals surface area contributed by atoms with Crippen molar-refractivity contribution in [2.24, 2.45) is 16.3 Å². The third-order valence-corrected chi connectivity index (χ3v) is 7.89. The van der Waals surface area contributed by atoms with Gasteiger partial charge in [0.15, 0.2) is 0 Å². The molecule has 11 heteroatoms. The monoisotopic (exact) mass is 569 g/mol. The van der Waals surface area contributed by atoms with Gasteiger partial charge in [0.25, 0.3) is 17.8 Å². The molecule has 206 valence electrons. The van der Waals surface area contributed by atoms with E-state index in [9.17, 15) is 9.59 Å². The van der Waals surface area contributed by atoms with Crippen LogP contribution in [0, 0.1) is 11.3 Å². The summed E-state index contributed by atoms with van der Waals surface area (Å²) < 4.78 is 0. The van der Waals surface area contributed by atoms with Crippen LogP contribution < -0.4 is 5.32 Å². The Morgan fingerprint density at radius 3 is 2.38 bits per heavy atom. The number of aromatic amines is 1. The number of halogens is 2. The van der Waals surface area contributed by atoms with Crippen LogP contribution in [-0.4, -0.2) is 55.3 Å². The lowest BCUT2D eigenvalue weighted by molar-refractivity contribution is -0.127. The number of benzene rings is 2. The summed E-state index contributed by atoms with van der Waals surface area (Å²) in [5.41, 5.74) is 1.89. The number of tetrazole rings is 1. The average molecular weight is 571 g/mol. The predicted octanol–water partition coefficient (Wildman–Crippen LogP) is 5.81. The Kier molecular flexibility index (Phi) is 8.42. The highest BCUT2D eigenvalue weighted by Crippen LogP contribution is 2.37. The van der Waals surface area contributed by atoms with Crippen LogP contribution in [0.25, 0.3) is 0 Å². The average Bonchev–Trinajstić information content (AvgIpc) is 3.46. The molecule has 3 aromatic rings. The summed E-state index contributed by atoms with van der Waals surface area (Å²) in [6, 6.07) is 12.3. The Morgan fingerprint density at radius 2 is 1.79 bits per heavy atom. The molecule has 0 saturated carbocycles. The number of H-pyrrole nitrogens is 1. The van der Waals surface area contributed by atoms with Crippen molar-refractivity contribution in [2.45, 2.75) is 59.5 Å². The molecule has 4 rings (SSSR count). The van der Waals surface area contributed by atoms with E-state index in [1.165, 1.54) is 0 Å². The van der Waals surface area contributed by atoms with Gasteiger partial charge in [-0.25, -0.2) is 0 Å². The van der Waals surface area contributed by atoms with E-state index in [0.717, 1.165) is 18.4 Å². The molecule has 2 atom stereocenters. The highest BCUT2D eigenvalue weighted by Gasteiger charge is 2.44. The molecule has 1 aromatic heterocycles. The number of aromatic nitrogens is 4. The van der Waals surface area contributed by atoms with Crippen molar-refractivity contribution in [1.29, 1.82) is 0 Å². The van der Waals surface area contributed by atoms with Crippen LogP contribution in [-0.2, 0) is 11.2 Å². The van der Waals surface area contributed by atoms with Crippen molar-refractivity contribution in [3.63, 3.8) is 0 Å². The van der Waals surface area contributed by atoms with Gasteiger partial charge in [0.2, 0.25) is 0 Å². The maximum atomic E-state index is 13.7. The second-order valence-electron chi connectivity index (χ2n) is 11.2. The number of carbonyl (C=O) groups excluding carboxylic acids is 2. The fourth-order valence-electron chi connectivity index (χ4n) is 4.48. The Balaban J connectivity index is 1.52. The Labute approximate surface area is 238 Å². The van der Waals surface area contributed by atoms with E-state index in [2.05, 4.69) is 53.6 Å². The Hall–Kier alpha value is -3.30. The molecule has 0 aliphatic carbocycles. The van der Waals surface area contributed by atoms with Crippen LogP contribution in [0.2, 0.25) is 10.0 Å². The minimum Gasteiger partial charge on any atom is -0.312 e. The Bertz CT molecular complexity index is 1350. The first kappa shape index (κ1) is 28.7. The maximum Gasteiger partial charge on any atom is 0.274 e. The molecule has 0 spiro atoms. The zero-order valence-electron chi connectivity index (χ0n) is 22.8. The van der Waals surface area contributed by atoms with E-state index in [-0.39, 0.29) is 23.2 Å². The van der Waals surface area contributed by atoms with Gasteiger partial charge in [-0.1, -0.05) is 68.1 Å². The van der Waals surface area contributed by atoms with Gasteiger partial charge in [-0.05, 0) is 78.6 Å². The largest absolute Gasteiger partial charge is 0.312 e. The lowest BCUT2D eigenvalue weighted by Crippen LogP contribution is -2.46. The van der Waals surface area contributed by atoms with Gasteiger partial charge in [0.1, 0.15) is 11.4 Å². The number of nitrogens with zero attached hydrogens (tertiary/aromatic N) is 5. The summed E-state index contributed by atoms with van der Waals surface area (Å²) in [6.07, 6.45) is 2.24. The number of aliphatic imine (C=N–C) groups is 1. The van der Waals surface area contributed by atoms with Crippen molar-refractivity contribution < 1.29 is 9.59 Å². The highest BCUT2D eigenvalue weighted by molar-refractivity contribution is 6.47. The second-order valence-corrected chi connectivity index (χ2v) is 12.1. The predicted molar refractivity (Wildman–Crippen MR) is 153 cm³/mol. The molecule has 1 aliphatic heterocycles. The maximum absolute atomic E-state index is 13.7. The van der Waals surface area contributed by atoms with E-state index in [4.69, 9.17) is 28.2 Å². The molecule has 0 saturated heterocycles. The minimum atomic E-state index is -0.703. The zero-order valence-corrected chi connectivity index (χ0v) is 24.3. The number of rotatable bonds is 9. The molecule has 0 fully saturated rings. The molecule has 2 N–H and O–H groups in total. The van der Waals surface area contributed by atoms with Crippen LogP contribution in [0.15, 0.2) is 47.5 Å². The zero-order chi connectivity index (χ0) is 28.4. The Morgan fingerprint density at radius 1 is 1.13 bits per heavy atom. The fraction of sp³-hybridized carbons (Fsp3) is 0.429. The summed E-state index contributed by atoms with van der Waals surface area (Å²) >= 11 is 12.5. The van der Waals surface area contributed by atoms with Crippen LogP contribution in [0.4, 0.5) is 5.95 Å². The first-order valence-corrected chi connectivity index (χ1v) is 13.6. The summed E-state index contributed by atoms with van der Waals surface area (Å²) in [5, 5.41) is 16.7. The van der Waals surface area contributed by atoms with Crippen molar-refractivity contribution in [3.05, 3.63) is 69.2 Å². The van der Waals surface area contributed by atoms with Gasteiger partial charge in [0.05, 0.1) is 0 Å².